The van der Waals surface area contributed by atoms with Gasteiger partial charge in [-0.1, -0.05) is 6.07 Å². The molecule has 0 atom stereocenters. The average Bonchev–Trinajstić information content (AvgIpc) is 2.95. The lowest BCUT2D eigenvalue weighted by molar-refractivity contribution is 0.389. The molecule has 2 aromatic rings. The summed E-state index contributed by atoms with van der Waals surface area (Å²) in [6.45, 7) is 1.19. The molecular weight excluding hydrogens is 256 g/mol. The van der Waals surface area contributed by atoms with Crippen LogP contribution in [0.5, 0.6) is 11.5 Å². The van der Waals surface area contributed by atoms with E-state index in [1.807, 2.05) is 24.3 Å². The molecule has 0 unspecified atom stereocenters. The molecule has 1 N–H and O–H groups in total. The van der Waals surface area contributed by atoms with E-state index in [1.165, 1.54) is 0 Å². The number of nitrogens with one attached hydrogen (secondary N) is 1. The SMILES string of the molecule is COc1ccc(CNCc2ccc(C#N)o2)c(OC)c1. The lowest BCUT2D eigenvalue weighted by atomic mass is 10.2. The number of ether oxygens (including phenoxy) is 2. The molecule has 5 nitrogen and oxygen atoms in total. The third-order valence-corrected chi connectivity index (χ3v) is 2.88. The molecule has 20 heavy (non-hydrogen) atoms. The number of nitrogens with zero attached hydrogens (tertiary/aromatic N) is 1. The molecule has 2 rings (SSSR count). The van der Waals surface area contributed by atoms with Gasteiger partial charge in [0.15, 0.2) is 0 Å². The normalized spacial score (nSPS) is 10.1. The third kappa shape index (κ3) is 3.31. The molecule has 0 aliphatic rings. The maximum absolute atomic E-state index is 8.68. The lowest BCUT2D eigenvalue weighted by Gasteiger charge is -2.10. The van der Waals surface area contributed by atoms with E-state index in [0.29, 0.717) is 18.8 Å². The zero-order valence-corrected chi connectivity index (χ0v) is 11.5. The van der Waals surface area contributed by atoms with Gasteiger partial charge in [0.1, 0.15) is 23.3 Å². The van der Waals surface area contributed by atoms with Gasteiger partial charge in [-0.15, -0.1) is 0 Å². The fraction of sp³-hybridized carbons (Fsp3) is 0.267. The summed E-state index contributed by atoms with van der Waals surface area (Å²) in [5.74, 6) is 2.59. The summed E-state index contributed by atoms with van der Waals surface area (Å²) < 4.78 is 15.8. The number of rotatable bonds is 6. The molecule has 0 fully saturated rings. The van der Waals surface area contributed by atoms with Crippen LogP contribution in [-0.4, -0.2) is 14.2 Å². The maximum Gasteiger partial charge on any atom is 0.203 e. The van der Waals surface area contributed by atoms with Gasteiger partial charge in [-0.3, -0.25) is 0 Å². The molecule has 1 aromatic carbocycles. The van der Waals surface area contributed by atoms with Crippen LogP contribution in [0.2, 0.25) is 0 Å². The standard InChI is InChI=1S/C15H16N2O3/c1-18-12-4-3-11(15(7-12)19-2)9-17-10-14-6-5-13(8-16)20-14/h3-7,17H,9-10H2,1-2H3. The summed E-state index contributed by atoms with van der Waals surface area (Å²) in [5.41, 5.74) is 1.03. The van der Waals surface area contributed by atoms with Crippen LogP contribution in [-0.2, 0) is 13.1 Å². The van der Waals surface area contributed by atoms with Crippen LogP contribution >= 0.6 is 0 Å². The average molecular weight is 272 g/mol. The van der Waals surface area contributed by atoms with Crippen molar-refractivity contribution in [3.05, 3.63) is 47.4 Å². The maximum atomic E-state index is 8.68. The van der Waals surface area contributed by atoms with Crippen LogP contribution in [0, 0.1) is 11.3 Å². The fourth-order valence-electron chi connectivity index (χ4n) is 1.85. The Labute approximate surface area is 117 Å². The summed E-state index contributed by atoms with van der Waals surface area (Å²) in [4.78, 5) is 0. The summed E-state index contributed by atoms with van der Waals surface area (Å²) in [6, 6.07) is 11.1. The van der Waals surface area contributed by atoms with Crippen molar-refractivity contribution >= 4 is 0 Å². The summed E-state index contributed by atoms with van der Waals surface area (Å²) >= 11 is 0. The number of hydrogen-bond donors (Lipinski definition) is 1. The van der Waals surface area contributed by atoms with Crippen molar-refractivity contribution in [2.45, 2.75) is 13.1 Å². The fourth-order valence-corrected chi connectivity index (χ4v) is 1.85. The molecule has 0 radical (unpaired) electrons. The van der Waals surface area contributed by atoms with Crippen molar-refractivity contribution in [2.75, 3.05) is 14.2 Å². The van der Waals surface area contributed by atoms with Crippen molar-refractivity contribution in [2.24, 2.45) is 0 Å². The topological polar surface area (TPSA) is 67.4 Å². The number of furan rings is 1. The molecule has 104 valence electrons. The van der Waals surface area contributed by atoms with Gasteiger partial charge in [-0.05, 0) is 18.2 Å². The van der Waals surface area contributed by atoms with Crippen molar-refractivity contribution in [3.8, 4) is 17.6 Å². The highest BCUT2D eigenvalue weighted by Crippen LogP contribution is 2.24. The third-order valence-electron chi connectivity index (χ3n) is 2.88. The monoisotopic (exact) mass is 272 g/mol. The Morgan fingerprint density at radius 3 is 2.65 bits per heavy atom. The van der Waals surface area contributed by atoms with Crippen LogP contribution in [0.4, 0.5) is 0 Å². The van der Waals surface area contributed by atoms with Crippen LogP contribution < -0.4 is 14.8 Å². The number of benzene rings is 1. The first-order valence-electron chi connectivity index (χ1n) is 6.17. The number of methoxy groups -OCH3 is 2. The predicted octanol–water partition coefficient (Wildman–Crippen LogP) is 2.46. The minimum atomic E-state index is 0.323. The molecule has 0 bridgehead atoms. The highest BCUT2D eigenvalue weighted by Gasteiger charge is 2.06. The highest BCUT2D eigenvalue weighted by atomic mass is 16.5. The molecule has 0 aliphatic carbocycles. The van der Waals surface area contributed by atoms with Crippen molar-refractivity contribution in [1.82, 2.24) is 5.32 Å². The van der Waals surface area contributed by atoms with E-state index >= 15 is 0 Å². The smallest absolute Gasteiger partial charge is 0.203 e. The largest absolute Gasteiger partial charge is 0.497 e. The number of hydrogen-bond acceptors (Lipinski definition) is 5. The molecule has 0 spiro atoms. The Hall–Kier alpha value is -2.45. The van der Waals surface area contributed by atoms with E-state index in [-0.39, 0.29) is 0 Å². The van der Waals surface area contributed by atoms with E-state index in [9.17, 15) is 0 Å². The second-order valence-electron chi connectivity index (χ2n) is 4.16. The Morgan fingerprint density at radius 1 is 1.15 bits per heavy atom. The molecule has 1 heterocycles. The summed E-state index contributed by atoms with van der Waals surface area (Å²) in [7, 11) is 3.25. The molecule has 5 heteroatoms. The Balaban J connectivity index is 1.95. The van der Waals surface area contributed by atoms with E-state index in [2.05, 4.69) is 5.32 Å². The minimum absolute atomic E-state index is 0.323. The van der Waals surface area contributed by atoms with E-state index < -0.39 is 0 Å². The van der Waals surface area contributed by atoms with Gasteiger partial charge >= 0.3 is 0 Å². The first-order chi connectivity index (χ1) is 9.76. The van der Waals surface area contributed by atoms with Crippen molar-refractivity contribution in [3.63, 3.8) is 0 Å². The van der Waals surface area contributed by atoms with Crippen LogP contribution in [0.3, 0.4) is 0 Å². The first-order valence-corrected chi connectivity index (χ1v) is 6.17. The van der Waals surface area contributed by atoms with Crippen LogP contribution in [0.1, 0.15) is 17.1 Å². The van der Waals surface area contributed by atoms with Gasteiger partial charge in [-0.25, -0.2) is 0 Å². The van der Waals surface area contributed by atoms with Gasteiger partial charge in [-0.2, -0.15) is 5.26 Å². The molecule has 1 aromatic heterocycles. The molecule has 0 amide bonds. The van der Waals surface area contributed by atoms with Crippen LogP contribution in [0.15, 0.2) is 34.7 Å². The molecular formula is C15H16N2O3. The van der Waals surface area contributed by atoms with Crippen LogP contribution in [0.25, 0.3) is 0 Å². The van der Waals surface area contributed by atoms with Gasteiger partial charge in [0, 0.05) is 18.2 Å². The summed E-state index contributed by atoms with van der Waals surface area (Å²) in [6.07, 6.45) is 0. The zero-order valence-electron chi connectivity index (χ0n) is 11.5. The first kappa shape index (κ1) is 14.0. The quantitative estimate of drug-likeness (QED) is 0.875. The van der Waals surface area contributed by atoms with Gasteiger partial charge < -0.3 is 19.2 Å². The Kier molecular flexibility index (Phi) is 4.64. The second-order valence-corrected chi connectivity index (χ2v) is 4.16. The van der Waals surface area contributed by atoms with Crippen molar-refractivity contribution in [1.29, 1.82) is 5.26 Å². The molecule has 0 saturated heterocycles. The van der Waals surface area contributed by atoms with Gasteiger partial charge in [0.05, 0.1) is 20.8 Å². The lowest BCUT2D eigenvalue weighted by Crippen LogP contribution is -2.13. The molecule has 0 aliphatic heterocycles. The highest BCUT2D eigenvalue weighted by molar-refractivity contribution is 5.40. The van der Waals surface area contributed by atoms with E-state index in [4.69, 9.17) is 19.2 Å². The molecule has 0 saturated carbocycles. The zero-order chi connectivity index (χ0) is 14.4. The Morgan fingerprint density at radius 2 is 2.00 bits per heavy atom. The summed E-state index contributed by atoms with van der Waals surface area (Å²) in [5, 5.41) is 11.9. The van der Waals surface area contributed by atoms with E-state index in [0.717, 1.165) is 22.8 Å². The number of nitriles is 1. The minimum Gasteiger partial charge on any atom is -0.497 e. The Bertz CT molecular complexity index is 614. The predicted molar refractivity (Wildman–Crippen MR) is 73.5 cm³/mol. The second kappa shape index (κ2) is 6.64. The van der Waals surface area contributed by atoms with E-state index in [1.54, 1.807) is 26.4 Å². The van der Waals surface area contributed by atoms with Gasteiger partial charge in [0.25, 0.3) is 0 Å². The van der Waals surface area contributed by atoms with Gasteiger partial charge in [0.2, 0.25) is 5.76 Å². The van der Waals surface area contributed by atoms with Crippen molar-refractivity contribution < 1.29 is 13.9 Å².